The van der Waals surface area contributed by atoms with Crippen LogP contribution in [0.15, 0.2) is 43.0 Å². The Hall–Kier alpha value is -2.10. The first-order chi connectivity index (χ1) is 11.3. The maximum atomic E-state index is 12.6. The van der Waals surface area contributed by atoms with E-state index in [1.165, 1.54) is 11.1 Å². The average molecular weight is 311 g/mol. The molecule has 0 aliphatic heterocycles. The second-order valence-corrected chi connectivity index (χ2v) is 6.37. The van der Waals surface area contributed by atoms with Crippen LogP contribution in [0.25, 0.3) is 0 Å². The van der Waals surface area contributed by atoms with Gasteiger partial charge in [-0.25, -0.2) is 4.98 Å². The minimum atomic E-state index is 0.138. The monoisotopic (exact) mass is 311 g/mol. The van der Waals surface area contributed by atoms with Gasteiger partial charge in [0.2, 0.25) is 5.91 Å². The third-order valence-electron chi connectivity index (χ3n) is 4.69. The summed E-state index contributed by atoms with van der Waals surface area (Å²) in [6, 6.07) is 8.84. The molecule has 1 aliphatic rings. The molecule has 2 aromatic rings. The summed E-state index contributed by atoms with van der Waals surface area (Å²) in [6.07, 6.45) is 11.4. The van der Waals surface area contributed by atoms with Gasteiger partial charge < -0.3 is 9.88 Å². The molecule has 1 aromatic heterocycles. The van der Waals surface area contributed by atoms with Gasteiger partial charge in [-0.15, -0.1) is 0 Å². The van der Waals surface area contributed by atoms with Crippen molar-refractivity contribution in [3.63, 3.8) is 0 Å². The van der Waals surface area contributed by atoms with Crippen molar-refractivity contribution >= 4 is 5.91 Å². The molecular formula is C19H25N3O. The van der Waals surface area contributed by atoms with E-state index in [0.29, 0.717) is 6.42 Å². The van der Waals surface area contributed by atoms with Crippen LogP contribution in [0.5, 0.6) is 0 Å². The Morgan fingerprint density at radius 3 is 3.09 bits per heavy atom. The SMILES string of the molecule is CCC[C@@H](CC(=O)N[C@H]1CCCc2ccccc21)n1ccnc1. The molecule has 23 heavy (non-hydrogen) atoms. The Kier molecular flexibility index (Phi) is 5.11. The quantitative estimate of drug-likeness (QED) is 0.882. The van der Waals surface area contributed by atoms with Crippen molar-refractivity contribution in [1.29, 1.82) is 0 Å². The standard InChI is InChI=1S/C19H25N3O/c1-2-6-16(22-12-11-20-14-22)13-19(23)21-18-10-5-8-15-7-3-4-9-17(15)18/h3-4,7,9,11-12,14,16,18H,2,5-6,8,10,13H2,1H3,(H,21,23)/t16-,18-/m0/s1. The first-order valence-electron chi connectivity index (χ1n) is 8.62. The molecule has 3 rings (SSSR count). The number of fused-ring (bicyclic) bond motifs is 1. The van der Waals surface area contributed by atoms with Crippen LogP contribution in [-0.4, -0.2) is 15.5 Å². The fourth-order valence-electron chi connectivity index (χ4n) is 3.55. The van der Waals surface area contributed by atoms with Crippen LogP contribution in [0.4, 0.5) is 0 Å². The molecular weight excluding hydrogens is 286 g/mol. The lowest BCUT2D eigenvalue weighted by Gasteiger charge is -2.27. The minimum absolute atomic E-state index is 0.138. The molecule has 1 aliphatic carbocycles. The van der Waals surface area contributed by atoms with E-state index < -0.39 is 0 Å². The molecule has 122 valence electrons. The van der Waals surface area contributed by atoms with Crippen molar-refractivity contribution in [2.75, 3.05) is 0 Å². The molecule has 1 aromatic carbocycles. The first kappa shape index (κ1) is 15.8. The van der Waals surface area contributed by atoms with E-state index in [1.807, 2.05) is 12.5 Å². The molecule has 0 spiro atoms. The number of aromatic nitrogens is 2. The van der Waals surface area contributed by atoms with Crippen LogP contribution >= 0.6 is 0 Å². The molecule has 2 atom stereocenters. The van der Waals surface area contributed by atoms with E-state index in [1.54, 1.807) is 6.20 Å². The summed E-state index contributed by atoms with van der Waals surface area (Å²) < 4.78 is 2.05. The van der Waals surface area contributed by atoms with Gasteiger partial charge in [0.15, 0.2) is 0 Å². The van der Waals surface area contributed by atoms with Crippen LogP contribution in [0.3, 0.4) is 0 Å². The maximum Gasteiger partial charge on any atom is 0.222 e. The van der Waals surface area contributed by atoms with Gasteiger partial charge in [0.05, 0.1) is 12.4 Å². The van der Waals surface area contributed by atoms with Crippen LogP contribution in [0, 0.1) is 0 Å². The van der Waals surface area contributed by atoms with Gasteiger partial charge in [0.25, 0.3) is 0 Å². The minimum Gasteiger partial charge on any atom is -0.349 e. The number of rotatable bonds is 6. The molecule has 0 saturated carbocycles. The zero-order valence-electron chi connectivity index (χ0n) is 13.7. The number of carbonyl (C=O) groups excluding carboxylic acids is 1. The highest BCUT2D eigenvalue weighted by atomic mass is 16.1. The van der Waals surface area contributed by atoms with Crippen molar-refractivity contribution in [1.82, 2.24) is 14.9 Å². The van der Waals surface area contributed by atoms with Gasteiger partial charge >= 0.3 is 0 Å². The van der Waals surface area contributed by atoms with Gasteiger partial charge in [-0.1, -0.05) is 37.6 Å². The lowest BCUT2D eigenvalue weighted by atomic mass is 9.87. The van der Waals surface area contributed by atoms with Gasteiger partial charge in [0.1, 0.15) is 0 Å². The first-order valence-corrected chi connectivity index (χ1v) is 8.62. The number of hydrogen-bond acceptors (Lipinski definition) is 2. The van der Waals surface area contributed by atoms with E-state index in [-0.39, 0.29) is 18.0 Å². The van der Waals surface area contributed by atoms with Gasteiger partial charge in [0, 0.05) is 24.9 Å². The number of benzene rings is 1. The molecule has 0 radical (unpaired) electrons. The van der Waals surface area contributed by atoms with Gasteiger partial charge in [-0.3, -0.25) is 4.79 Å². The summed E-state index contributed by atoms with van der Waals surface area (Å²) in [5.41, 5.74) is 2.67. The van der Waals surface area contributed by atoms with Crippen molar-refractivity contribution in [3.8, 4) is 0 Å². The Morgan fingerprint density at radius 1 is 1.43 bits per heavy atom. The fourth-order valence-corrected chi connectivity index (χ4v) is 3.55. The molecule has 1 N–H and O–H groups in total. The molecule has 0 fully saturated rings. The molecule has 4 heteroatoms. The number of hydrogen-bond donors (Lipinski definition) is 1. The molecule has 4 nitrogen and oxygen atoms in total. The molecule has 0 unspecified atom stereocenters. The smallest absolute Gasteiger partial charge is 0.222 e. The number of amides is 1. The maximum absolute atomic E-state index is 12.6. The van der Waals surface area contributed by atoms with E-state index in [0.717, 1.165) is 32.1 Å². The zero-order chi connectivity index (χ0) is 16.1. The molecule has 1 amide bonds. The van der Waals surface area contributed by atoms with Crippen molar-refractivity contribution in [2.24, 2.45) is 0 Å². The fraction of sp³-hybridized carbons (Fsp3) is 0.474. The number of carbonyl (C=O) groups is 1. The predicted molar refractivity (Wildman–Crippen MR) is 91.1 cm³/mol. The second-order valence-electron chi connectivity index (χ2n) is 6.37. The van der Waals surface area contributed by atoms with Gasteiger partial charge in [-0.05, 0) is 36.8 Å². The molecule has 0 bridgehead atoms. The highest BCUT2D eigenvalue weighted by Gasteiger charge is 2.23. The Balaban J connectivity index is 1.65. The summed E-state index contributed by atoms with van der Waals surface area (Å²) in [5.74, 6) is 0.138. The summed E-state index contributed by atoms with van der Waals surface area (Å²) >= 11 is 0. The second kappa shape index (κ2) is 7.44. The van der Waals surface area contributed by atoms with Gasteiger partial charge in [-0.2, -0.15) is 0 Å². The Bertz CT molecular complexity index is 636. The highest BCUT2D eigenvalue weighted by molar-refractivity contribution is 5.77. The van der Waals surface area contributed by atoms with Crippen molar-refractivity contribution in [2.45, 2.75) is 57.5 Å². The lowest BCUT2D eigenvalue weighted by molar-refractivity contribution is -0.122. The average Bonchev–Trinajstić information content (AvgIpc) is 3.09. The topological polar surface area (TPSA) is 46.9 Å². The zero-order valence-corrected chi connectivity index (χ0v) is 13.7. The predicted octanol–water partition coefficient (Wildman–Crippen LogP) is 3.81. The van der Waals surface area contributed by atoms with Crippen LogP contribution in [-0.2, 0) is 11.2 Å². The largest absolute Gasteiger partial charge is 0.349 e. The van der Waals surface area contributed by atoms with Crippen molar-refractivity contribution < 1.29 is 4.79 Å². The van der Waals surface area contributed by atoms with Crippen LogP contribution in [0.1, 0.15) is 62.2 Å². The Labute approximate surface area is 137 Å². The normalized spacial score (nSPS) is 18.2. The third kappa shape index (κ3) is 3.81. The van der Waals surface area contributed by atoms with Crippen LogP contribution < -0.4 is 5.32 Å². The molecule has 0 saturated heterocycles. The van der Waals surface area contributed by atoms with Crippen molar-refractivity contribution in [3.05, 3.63) is 54.1 Å². The van der Waals surface area contributed by atoms with E-state index in [2.05, 4.69) is 46.1 Å². The lowest BCUT2D eigenvalue weighted by Crippen LogP contribution is -2.32. The molecule has 1 heterocycles. The Morgan fingerprint density at radius 2 is 2.30 bits per heavy atom. The third-order valence-corrected chi connectivity index (χ3v) is 4.69. The summed E-state index contributed by atoms with van der Waals surface area (Å²) in [6.45, 7) is 2.15. The number of aryl methyl sites for hydroxylation is 1. The summed E-state index contributed by atoms with van der Waals surface area (Å²) in [5, 5.41) is 3.25. The van der Waals surface area contributed by atoms with Crippen LogP contribution in [0.2, 0.25) is 0 Å². The summed E-state index contributed by atoms with van der Waals surface area (Å²) in [7, 11) is 0. The summed E-state index contributed by atoms with van der Waals surface area (Å²) in [4.78, 5) is 16.7. The van der Waals surface area contributed by atoms with E-state index in [4.69, 9.17) is 0 Å². The number of nitrogens with zero attached hydrogens (tertiary/aromatic N) is 2. The highest BCUT2D eigenvalue weighted by Crippen LogP contribution is 2.30. The number of imidazole rings is 1. The van der Waals surface area contributed by atoms with E-state index in [9.17, 15) is 4.79 Å². The van der Waals surface area contributed by atoms with E-state index >= 15 is 0 Å². The number of nitrogens with one attached hydrogen (secondary N) is 1.